The molecule has 2 saturated carbocycles. The number of nitrogens with two attached hydrogens (primary N) is 1. The highest BCUT2D eigenvalue weighted by Crippen LogP contribution is 2.47. The van der Waals surface area contributed by atoms with Crippen LogP contribution in [0, 0.1) is 11.8 Å². The van der Waals surface area contributed by atoms with Crippen molar-refractivity contribution in [1.82, 2.24) is 4.90 Å². The Morgan fingerprint density at radius 2 is 1.92 bits per heavy atom. The summed E-state index contributed by atoms with van der Waals surface area (Å²) in [4.78, 5) is 2.62. The highest BCUT2D eigenvalue weighted by atomic mass is 15.3. The third kappa shape index (κ3) is 0.944. The van der Waals surface area contributed by atoms with E-state index in [1.165, 1.54) is 38.8 Å². The predicted octanol–water partition coefficient (Wildman–Crippen LogP) is 0.818. The lowest BCUT2D eigenvalue weighted by Gasteiger charge is -2.44. The molecule has 0 amide bonds. The molecule has 2 aliphatic carbocycles. The van der Waals surface area contributed by atoms with Gasteiger partial charge in [-0.05, 0) is 31.1 Å². The Kier molecular flexibility index (Phi) is 1.50. The lowest BCUT2D eigenvalue weighted by molar-refractivity contribution is 0.0617. The minimum Gasteiger partial charge on any atom is -0.325 e. The first-order chi connectivity index (χ1) is 5.83. The van der Waals surface area contributed by atoms with E-state index >= 15 is 0 Å². The van der Waals surface area contributed by atoms with E-state index in [0.717, 1.165) is 17.9 Å². The summed E-state index contributed by atoms with van der Waals surface area (Å²) in [6, 6.07) is 1.42. The number of likely N-dealkylation sites (tertiary alicyclic amines) is 1. The van der Waals surface area contributed by atoms with Crippen molar-refractivity contribution < 1.29 is 0 Å². The molecule has 1 aliphatic heterocycles. The van der Waals surface area contributed by atoms with E-state index in [1.54, 1.807) is 0 Å². The maximum absolute atomic E-state index is 5.79. The van der Waals surface area contributed by atoms with E-state index in [2.05, 4.69) is 4.90 Å². The molecule has 2 bridgehead atoms. The van der Waals surface area contributed by atoms with Crippen LogP contribution in [0.5, 0.6) is 0 Å². The average Bonchev–Trinajstić information content (AvgIpc) is 2.58. The molecule has 3 rings (SSSR count). The van der Waals surface area contributed by atoms with Gasteiger partial charge in [0.15, 0.2) is 0 Å². The van der Waals surface area contributed by atoms with Crippen LogP contribution in [0.1, 0.15) is 25.7 Å². The van der Waals surface area contributed by atoms with Gasteiger partial charge in [-0.25, -0.2) is 0 Å². The zero-order chi connectivity index (χ0) is 8.13. The van der Waals surface area contributed by atoms with Gasteiger partial charge in [0.25, 0.3) is 0 Å². The molecule has 1 heterocycles. The van der Waals surface area contributed by atoms with Crippen LogP contribution in [0.4, 0.5) is 0 Å². The van der Waals surface area contributed by atoms with Crippen LogP contribution in [0.25, 0.3) is 0 Å². The van der Waals surface area contributed by atoms with Crippen molar-refractivity contribution >= 4 is 0 Å². The van der Waals surface area contributed by atoms with Crippen molar-refractivity contribution in [3.05, 3.63) is 0 Å². The van der Waals surface area contributed by atoms with Crippen LogP contribution in [-0.4, -0.2) is 30.1 Å². The van der Waals surface area contributed by atoms with Gasteiger partial charge in [0, 0.05) is 25.2 Å². The highest BCUT2D eigenvalue weighted by Gasteiger charge is 2.44. The van der Waals surface area contributed by atoms with Gasteiger partial charge in [-0.1, -0.05) is 6.42 Å². The Bertz CT molecular complexity index is 186. The molecule has 0 spiro atoms. The van der Waals surface area contributed by atoms with Crippen LogP contribution < -0.4 is 5.73 Å². The van der Waals surface area contributed by atoms with E-state index < -0.39 is 0 Å². The number of fused-ring (bicyclic) bond motifs is 2. The number of hydrogen-bond donors (Lipinski definition) is 1. The maximum Gasteiger partial charge on any atom is 0.0297 e. The molecule has 0 radical (unpaired) electrons. The van der Waals surface area contributed by atoms with Crippen molar-refractivity contribution in [3.8, 4) is 0 Å². The first-order valence-corrected chi connectivity index (χ1v) is 5.32. The molecule has 3 fully saturated rings. The molecule has 0 aromatic rings. The van der Waals surface area contributed by atoms with Crippen molar-refractivity contribution in [2.45, 2.75) is 37.8 Å². The summed E-state index contributed by atoms with van der Waals surface area (Å²) in [5, 5.41) is 0. The summed E-state index contributed by atoms with van der Waals surface area (Å²) in [7, 11) is 0. The van der Waals surface area contributed by atoms with E-state index in [9.17, 15) is 0 Å². The molecule has 0 aromatic heterocycles. The molecule has 0 aromatic carbocycles. The fourth-order valence-electron chi connectivity index (χ4n) is 3.48. The summed E-state index contributed by atoms with van der Waals surface area (Å²) in [6.07, 6.45) is 6.02. The summed E-state index contributed by atoms with van der Waals surface area (Å²) in [5.74, 6) is 2.12. The Morgan fingerprint density at radius 3 is 2.42 bits per heavy atom. The van der Waals surface area contributed by atoms with Crippen LogP contribution >= 0.6 is 0 Å². The zero-order valence-electron chi connectivity index (χ0n) is 7.58. The van der Waals surface area contributed by atoms with Crippen LogP contribution in [-0.2, 0) is 0 Å². The second kappa shape index (κ2) is 2.46. The summed E-state index contributed by atoms with van der Waals surface area (Å²) in [6.45, 7) is 2.35. The van der Waals surface area contributed by atoms with Crippen molar-refractivity contribution in [3.63, 3.8) is 0 Å². The Hall–Kier alpha value is -0.0800. The van der Waals surface area contributed by atoms with Gasteiger partial charge < -0.3 is 5.73 Å². The van der Waals surface area contributed by atoms with Crippen LogP contribution in [0.15, 0.2) is 0 Å². The van der Waals surface area contributed by atoms with Crippen LogP contribution in [0.3, 0.4) is 0 Å². The Labute approximate surface area is 74.1 Å². The molecule has 1 saturated heterocycles. The monoisotopic (exact) mass is 166 g/mol. The zero-order valence-corrected chi connectivity index (χ0v) is 7.58. The third-order valence-electron chi connectivity index (χ3n) is 4.11. The van der Waals surface area contributed by atoms with Gasteiger partial charge in [-0.3, -0.25) is 4.90 Å². The normalized spacial score (nSPS) is 48.2. The first kappa shape index (κ1) is 7.34. The Morgan fingerprint density at radius 1 is 1.08 bits per heavy atom. The average molecular weight is 166 g/mol. The summed E-state index contributed by atoms with van der Waals surface area (Å²) < 4.78 is 0. The van der Waals surface area contributed by atoms with Gasteiger partial charge in [-0.2, -0.15) is 0 Å². The lowest BCUT2D eigenvalue weighted by atomic mass is 9.91. The van der Waals surface area contributed by atoms with Gasteiger partial charge >= 0.3 is 0 Å². The molecule has 68 valence electrons. The number of rotatable bonds is 1. The second-order valence-electron chi connectivity index (χ2n) is 4.96. The van der Waals surface area contributed by atoms with Gasteiger partial charge in [0.1, 0.15) is 0 Å². The molecular weight excluding hydrogens is 148 g/mol. The minimum atomic E-state index is 0.490. The smallest absolute Gasteiger partial charge is 0.0297 e. The van der Waals surface area contributed by atoms with Gasteiger partial charge in [0.05, 0.1) is 0 Å². The summed E-state index contributed by atoms with van der Waals surface area (Å²) >= 11 is 0. The molecule has 3 unspecified atom stereocenters. The minimum absolute atomic E-state index is 0.490. The quantitative estimate of drug-likeness (QED) is 0.625. The molecule has 12 heavy (non-hydrogen) atoms. The molecule has 2 heteroatoms. The molecule has 2 nitrogen and oxygen atoms in total. The van der Waals surface area contributed by atoms with E-state index in [0.29, 0.717) is 6.04 Å². The Balaban J connectivity index is 1.64. The summed E-state index contributed by atoms with van der Waals surface area (Å²) in [5.41, 5.74) is 5.79. The fourth-order valence-corrected chi connectivity index (χ4v) is 3.48. The molecule has 2 N–H and O–H groups in total. The topological polar surface area (TPSA) is 29.3 Å². The van der Waals surface area contributed by atoms with Crippen molar-refractivity contribution in [2.24, 2.45) is 17.6 Å². The molecular formula is C10H18N2. The van der Waals surface area contributed by atoms with E-state index in [-0.39, 0.29) is 0 Å². The van der Waals surface area contributed by atoms with Crippen LogP contribution in [0.2, 0.25) is 0 Å². The van der Waals surface area contributed by atoms with Crippen molar-refractivity contribution in [1.29, 1.82) is 0 Å². The number of hydrogen-bond acceptors (Lipinski definition) is 2. The third-order valence-corrected chi connectivity index (χ3v) is 4.11. The number of nitrogens with zero attached hydrogens (tertiary/aromatic N) is 1. The lowest BCUT2D eigenvalue weighted by Crippen LogP contribution is -2.60. The van der Waals surface area contributed by atoms with Gasteiger partial charge in [-0.15, -0.1) is 0 Å². The fraction of sp³-hybridized carbons (Fsp3) is 1.00. The first-order valence-electron chi connectivity index (χ1n) is 5.32. The molecule has 3 atom stereocenters. The van der Waals surface area contributed by atoms with E-state index in [4.69, 9.17) is 5.73 Å². The molecule has 3 aliphatic rings. The SMILES string of the molecule is NC1CN(C2CC3CCC2C3)C1. The highest BCUT2D eigenvalue weighted by molar-refractivity contribution is 4.99. The second-order valence-corrected chi connectivity index (χ2v) is 4.96. The standard InChI is InChI=1S/C10H18N2/c11-9-5-12(6-9)10-4-7-1-2-8(10)3-7/h7-10H,1-6,11H2. The van der Waals surface area contributed by atoms with Gasteiger partial charge in [0.2, 0.25) is 0 Å². The van der Waals surface area contributed by atoms with E-state index in [1.807, 2.05) is 0 Å². The predicted molar refractivity (Wildman–Crippen MR) is 48.8 cm³/mol. The largest absolute Gasteiger partial charge is 0.325 e. The maximum atomic E-state index is 5.79. The van der Waals surface area contributed by atoms with Crippen molar-refractivity contribution in [2.75, 3.05) is 13.1 Å².